The van der Waals surface area contributed by atoms with Crippen LogP contribution in [0.1, 0.15) is 32.6 Å². The molecule has 1 amide bonds. The van der Waals surface area contributed by atoms with Gasteiger partial charge in [0.1, 0.15) is 0 Å². The summed E-state index contributed by atoms with van der Waals surface area (Å²) in [6.07, 6.45) is 3.79. The highest BCUT2D eigenvalue weighted by atomic mass is 32.2. The number of nitrogens with one attached hydrogen (secondary N) is 2. The molecular formula is C16H24N2O3S. The van der Waals surface area contributed by atoms with E-state index in [2.05, 4.69) is 10.6 Å². The predicted molar refractivity (Wildman–Crippen MR) is 87.6 cm³/mol. The van der Waals surface area contributed by atoms with Gasteiger partial charge < -0.3 is 10.6 Å². The fourth-order valence-electron chi connectivity index (χ4n) is 3.02. The Morgan fingerprint density at radius 2 is 1.91 bits per heavy atom. The van der Waals surface area contributed by atoms with Crippen LogP contribution in [0.5, 0.6) is 0 Å². The second-order valence-corrected chi connectivity index (χ2v) is 7.90. The molecule has 122 valence electrons. The summed E-state index contributed by atoms with van der Waals surface area (Å²) in [4.78, 5) is 12.4. The lowest BCUT2D eigenvalue weighted by atomic mass is 9.83. The summed E-state index contributed by atoms with van der Waals surface area (Å²) in [6, 6.07) is 6.91. The highest BCUT2D eigenvalue weighted by molar-refractivity contribution is 7.91. The Kier molecular flexibility index (Phi) is 5.45. The van der Waals surface area contributed by atoms with Crippen molar-refractivity contribution >= 4 is 21.4 Å². The molecular weight excluding hydrogens is 300 g/mol. The first-order valence-electron chi connectivity index (χ1n) is 7.79. The zero-order valence-electron chi connectivity index (χ0n) is 13.1. The van der Waals surface area contributed by atoms with Crippen LogP contribution in [-0.4, -0.2) is 33.2 Å². The van der Waals surface area contributed by atoms with E-state index < -0.39 is 9.84 Å². The van der Waals surface area contributed by atoms with Crippen molar-refractivity contribution in [2.75, 3.05) is 18.1 Å². The molecule has 1 aromatic rings. The number of anilines is 1. The standard InChI is InChI=1S/C16H24N2O3S/c1-3-22(20,21)15-11-7-6-10-14(15)18-13-9-5-4-8-12(13)16(19)17-2/h6-7,10-13,18H,3-5,8-9H2,1-2H3,(H,17,19)/t12-,13-/m0/s1. The Morgan fingerprint density at radius 1 is 1.23 bits per heavy atom. The maximum atomic E-state index is 12.2. The summed E-state index contributed by atoms with van der Waals surface area (Å²) in [5.74, 6) is -0.0286. The van der Waals surface area contributed by atoms with E-state index in [9.17, 15) is 13.2 Å². The van der Waals surface area contributed by atoms with Crippen molar-refractivity contribution < 1.29 is 13.2 Å². The SMILES string of the molecule is CCS(=O)(=O)c1ccccc1N[C@H]1CCCC[C@@H]1C(=O)NC. The number of hydrogen-bond acceptors (Lipinski definition) is 4. The summed E-state index contributed by atoms with van der Waals surface area (Å²) < 4.78 is 24.4. The predicted octanol–water partition coefficient (Wildman–Crippen LogP) is 2.20. The number of sulfone groups is 1. The number of rotatable bonds is 5. The van der Waals surface area contributed by atoms with E-state index in [0.29, 0.717) is 10.6 Å². The van der Waals surface area contributed by atoms with Crippen molar-refractivity contribution in [1.29, 1.82) is 0 Å². The summed E-state index contributed by atoms with van der Waals surface area (Å²) in [5.41, 5.74) is 0.602. The van der Waals surface area contributed by atoms with E-state index in [-0.39, 0.29) is 23.6 Å². The molecule has 2 atom stereocenters. The van der Waals surface area contributed by atoms with Gasteiger partial charge in [0.25, 0.3) is 0 Å². The zero-order valence-corrected chi connectivity index (χ0v) is 13.9. The van der Waals surface area contributed by atoms with Gasteiger partial charge in [0.2, 0.25) is 5.91 Å². The fraction of sp³-hybridized carbons (Fsp3) is 0.562. The molecule has 0 bridgehead atoms. The molecule has 0 radical (unpaired) electrons. The van der Waals surface area contributed by atoms with Crippen molar-refractivity contribution in [2.24, 2.45) is 5.92 Å². The van der Waals surface area contributed by atoms with Crippen LogP contribution in [0.15, 0.2) is 29.2 Å². The average Bonchev–Trinajstić information content (AvgIpc) is 2.55. The van der Waals surface area contributed by atoms with Crippen LogP contribution in [0, 0.1) is 5.92 Å². The van der Waals surface area contributed by atoms with Gasteiger partial charge in [-0.1, -0.05) is 31.9 Å². The quantitative estimate of drug-likeness (QED) is 0.870. The maximum Gasteiger partial charge on any atom is 0.224 e. The summed E-state index contributed by atoms with van der Waals surface area (Å²) in [7, 11) is -1.64. The lowest BCUT2D eigenvalue weighted by Crippen LogP contribution is -2.42. The maximum absolute atomic E-state index is 12.2. The third kappa shape index (κ3) is 3.61. The van der Waals surface area contributed by atoms with Crippen molar-refractivity contribution in [1.82, 2.24) is 5.32 Å². The van der Waals surface area contributed by atoms with Crippen molar-refractivity contribution in [2.45, 2.75) is 43.5 Å². The molecule has 1 aliphatic rings. The minimum Gasteiger partial charge on any atom is -0.380 e. The summed E-state index contributed by atoms with van der Waals surface area (Å²) in [6.45, 7) is 1.64. The number of hydrogen-bond donors (Lipinski definition) is 2. The van der Waals surface area contributed by atoms with Gasteiger partial charge in [-0.3, -0.25) is 4.79 Å². The highest BCUT2D eigenvalue weighted by Crippen LogP contribution is 2.30. The monoisotopic (exact) mass is 324 g/mol. The van der Waals surface area contributed by atoms with E-state index >= 15 is 0 Å². The van der Waals surface area contributed by atoms with Gasteiger partial charge in [-0.2, -0.15) is 0 Å². The number of para-hydroxylation sites is 1. The smallest absolute Gasteiger partial charge is 0.224 e. The molecule has 6 heteroatoms. The lowest BCUT2D eigenvalue weighted by molar-refractivity contribution is -0.125. The van der Waals surface area contributed by atoms with Crippen LogP contribution < -0.4 is 10.6 Å². The van der Waals surface area contributed by atoms with E-state index in [1.165, 1.54) is 0 Å². The fourth-order valence-corrected chi connectivity index (χ4v) is 4.07. The first kappa shape index (κ1) is 16.8. The van der Waals surface area contributed by atoms with E-state index in [4.69, 9.17) is 0 Å². The Labute approximate surface area is 132 Å². The Hall–Kier alpha value is -1.56. The second-order valence-electron chi connectivity index (χ2n) is 5.66. The average molecular weight is 324 g/mol. The first-order valence-corrected chi connectivity index (χ1v) is 9.44. The topological polar surface area (TPSA) is 75.3 Å². The molecule has 1 aliphatic carbocycles. The van der Waals surface area contributed by atoms with Crippen molar-refractivity contribution in [3.05, 3.63) is 24.3 Å². The van der Waals surface area contributed by atoms with Gasteiger partial charge in [-0.05, 0) is 25.0 Å². The summed E-state index contributed by atoms with van der Waals surface area (Å²) in [5, 5.41) is 6.02. The molecule has 0 heterocycles. The zero-order chi connectivity index (χ0) is 16.2. The third-order valence-corrected chi connectivity index (χ3v) is 6.08. The molecule has 5 nitrogen and oxygen atoms in total. The molecule has 1 aromatic carbocycles. The molecule has 0 saturated heterocycles. The molecule has 2 N–H and O–H groups in total. The van der Waals surface area contributed by atoms with Gasteiger partial charge >= 0.3 is 0 Å². The second kappa shape index (κ2) is 7.13. The van der Waals surface area contributed by atoms with Crippen LogP contribution in [0.3, 0.4) is 0 Å². The van der Waals surface area contributed by atoms with E-state index in [0.717, 1.165) is 25.7 Å². The Morgan fingerprint density at radius 3 is 2.59 bits per heavy atom. The van der Waals surface area contributed by atoms with Gasteiger partial charge in [0, 0.05) is 13.1 Å². The lowest BCUT2D eigenvalue weighted by Gasteiger charge is -2.32. The minimum absolute atomic E-state index is 0.0213. The molecule has 1 saturated carbocycles. The van der Waals surface area contributed by atoms with Crippen molar-refractivity contribution in [3.8, 4) is 0 Å². The molecule has 0 spiro atoms. The Bertz CT molecular complexity index is 628. The molecule has 2 rings (SSSR count). The molecule has 1 fully saturated rings. The van der Waals surface area contributed by atoms with Crippen LogP contribution in [-0.2, 0) is 14.6 Å². The van der Waals surface area contributed by atoms with Crippen LogP contribution >= 0.6 is 0 Å². The van der Waals surface area contributed by atoms with Crippen molar-refractivity contribution in [3.63, 3.8) is 0 Å². The number of benzene rings is 1. The van der Waals surface area contributed by atoms with Crippen LogP contribution in [0.4, 0.5) is 5.69 Å². The summed E-state index contributed by atoms with van der Waals surface area (Å²) >= 11 is 0. The van der Waals surface area contributed by atoms with Crippen LogP contribution in [0.25, 0.3) is 0 Å². The minimum atomic E-state index is -3.29. The first-order chi connectivity index (χ1) is 10.5. The van der Waals surface area contributed by atoms with E-state index in [1.807, 2.05) is 6.07 Å². The van der Waals surface area contributed by atoms with Crippen LogP contribution in [0.2, 0.25) is 0 Å². The molecule has 0 aromatic heterocycles. The van der Waals surface area contributed by atoms with Gasteiger partial charge in [-0.25, -0.2) is 8.42 Å². The normalized spacial score (nSPS) is 22.1. The molecule has 0 aliphatic heterocycles. The van der Waals surface area contributed by atoms with Gasteiger partial charge in [0.05, 0.1) is 22.3 Å². The Balaban J connectivity index is 2.28. The number of carbonyl (C=O) groups is 1. The highest BCUT2D eigenvalue weighted by Gasteiger charge is 2.31. The molecule has 22 heavy (non-hydrogen) atoms. The van der Waals surface area contributed by atoms with Gasteiger partial charge in [-0.15, -0.1) is 0 Å². The van der Waals surface area contributed by atoms with E-state index in [1.54, 1.807) is 32.2 Å². The molecule has 0 unspecified atom stereocenters. The largest absolute Gasteiger partial charge is 0.380 e. The third-order valence-electron chi connectivity index (χ3n) is 4.29. The number of amides is 1. The van der Waals surface area contributed by atoms with Gasteiger partial charge in [0.15, 0.2) is 9.84 Å². The number of carbonyl (C=O) groups excluding carboxylic acids is 1.